The van der Waals surface area contributed by atoms with Crippen LogP contribution in [0.3, 0.4) is 0 Å². The third kappa shape index (κ3) is 3.08. The van der Waals surface area contributed by atoms with Gasteiger partial charge in [-0.3, -0.25) is 0 Å². The summed E-state index contributed by atoms with van der Waals surface area (Å²) in [4.78, 5) is 7.71. The minimum absolute atomic E-state index is 0.0789. The monoisotopic (exact) mass is 378 g/mol. The van der Waals surface area contributed by atoms with Gasteiger partial charge in [-0.1, -0.05) is 17.7 Å². The normalized spacial score (nSPS) is 11.9. The van der Waals surface area contributed by atoms with Crippen molar-refractivity contribution in [2.24, 2.45) is 0 Å². The molecule has 3 rings (SSSR count). The molecule has 0 aliphatic heterocycles. The van der Waals surface area contributed by atoms with Gasteiger partial charge in [0, 0.05) is 22.3 Å². The van der Waals surface area contributed by atoms with Gasteiger partial charge in [0.15, 0.2) is 9.84 Å². The lowest BCUT2D eigenvalue weighted by Gasteiger charge is -2.04. The molecule has 0 amide bonds. The molecule has 1 N–H and O–H groups in total. The molecule has 0 saturated heterocycles. The summed E-state index contributed by atoms with van der Waals surface area (Å²) in [5, 5.41) is 0.952. The van der Waals surface area contributed by atoms with Gasteiger partial charge in [-0.05, 0) is 53.0 Å². The Hall–Kier alpha value is -1.66. The Balaban J connectivity index is 1.84. The van der Waals surface area contributed by atoms with E-state index in [2.05, 4.69) is 25.9 Å². The summed E-state index contributed by atoms with van der Waals surface area (Å²) in [6.45, 7) is 1.94. The summed E-state index contributed by atoms with van der Waals surface area (Å²) >= 11 is 3.39. The average molecular weight is 379 g/mol. The number of fused-ring (bicyclic) bond motifs is 1. The zero-order valence-corrected chi connectivity index (χ0v) is 14.4. The molecule has 0 unspecified atom stereocenters. The van der Waals surface area contributed by atoms with Crippen molar-refractivity contribution in [3.05, 3.63) is 58.3 Å². The standard InChI is InChI=1S/C16H15BrN2O2S/c1-11-2-4-14(5-3-11)22(20,21)7-6-12-9-18-16-15(12)8-13(17)10-19-16/h2-5,8-10H,6-7H2,1H3,(H,18,19). The predicted octanol–water partition coefficient (Wildman–Crippen LogP) is 3.65. The van der Waals surface area contributed by atoms with Crippen LogP contribution in [0.1, 0.15) is 11.1 Å². The number of benzene rings is 1. The molecule has 0 spiro atoms. The van der Waals surface area contributed by atoms with Gasteiger partial charge in [-0.25, -0.2) is 13.4 Å². The average Bonchev–Trinajstić information content (AvgIpc) is 2.88. The Morgan fingerprint density at radius 1 is 1.23 bits per heavy atom. The Bertz CT molecular complexity index is 915. The third-order valence-corrected chi connectivity index (χ3v) is 5.77. The number of rotatable bonds is 4. The number of hydrogen-bond acceptors (Lipinski definition) is 3. The van der Waals surface area contributed by atoms with Crippen molar-refractivity contribution in [1.29, 1.82) is 0 Å². The van der Waals surface area contributed by atoms with E-state index in [0.29, 0.717) is 11.3 Å². The molecule has 1 aromatic carbocycles. The van der Waals surface area contributed by atoms with Crippen molar-refractivity contribution in [2.45, 2.75) is 18.2 Å². The second-order valence-corrected chi connectivity index (χ2v) is 8.27. The summed E-state index contributed by atoms with van der Waals surface area (Å²) in [5.74, 6) is 0.0789. The Morgan fingerprint density at radius 3 is 2.68 bits per heavy atom. The number of nitrogens with one attached hydrogen (secondary N) is 1. The van der Waals surface area contributed by atoms with Crippen LogP contribution in [0, 0.1) is 6.92 Å². The molecule has 0 fully saturated rings. The van der Waals surface area contributed by atoms with Gasteiger partial charge in [0.25, 0.3) is 0 Å². The SMILES string of the molecule is Cc1ccc(S(=O)(=O)CCc2c[nH]c3ncc(Br)cc23)cc1. The summed E-state index contributed by atoms with van der Waals surface area (Å²) < 4.78 is 25.7. The number of hydrogen-bond donors (Lipinski definition) is 1. The van der Waals surface area contributed by atoms with Gasteiger partial charge in [0.1, 0.15) is 5.65 Å². The molecular formula is C16H15BrN2O2S. The lowest BCUT2D eigenvalue weighted by Crippen LogP contribution is -2.09. The van der Waals surface area contributed by atoms with Crippen LogP contribution in [0.2, 0.25) is 0 Å². The Labute approximate surface area is 137 Å². The van der Waals surface area contributed by atoms with Gasteiger partial charge in [-0.2, -0.15) is 0 Å². The lowest BCUT2D eigenvalue weighted by atomic mass is 10.2. The first kappa shape index (κ1) is 15.2. The number of pyridine rings is 1. The van der Waals surface area contributed by atoms with E-state index < -0.39 is 9.84 Å². The number of H-pyrrole nitrogens is 1. The van der Waals surface area contributed by atoms with E-state index in [0.717, 1.165) is 26.6 Å². The van der Waals surface area contributed by atoms with E-state index in [4.69, 9.17) is 0 Å². The summed E-state index contributed by atoms with van der Waals surface area (Å²) in [6, 6.07) is 8.92. The predicted molar refractivity (Wildman–Crippen MR) is 90.7 cm³/mol. The van der Waals surface area contributed by atoms with Gasteiger partial charge < -0.3 is 4.98 Å². The van der Waals surface area contributed by atoms with Crippen LogP contribution in [0.5, 0.6) is 0 Å². The maximum Gasteiger partial charge on any atom is 0.178 e. The molecule has 2 heterocycles. The van der Waals surface area contributed by atoms with Crippen molar-refractivity contribution in [3.8, 4) is 0 Å². The van der Waals surface area contributed by atoms with Crippen molar-refractivity contribution >= 4 is 36.8 Å². The van der Waals surface area contributed by atoms with Gasteiger partial charge in [-0.15, -0.1) is 0 Å². The number of sulfone groups is 1. The van der Waals surface area contributed by atoms with Gasteiger partial charge in [0.2, 0.25) is 0 Å². The molecule has 0 atom stereocenters. The van der Waals surface area contributed by atoms with Crippen molar-refractivity contribution in [2.75, 3.05) is 5.75 Å². The molecule has 0 aliphatic carbocycles. The van der Waals surface area contributed by atoms with Gasteiger partial charge in [0.05, 0.1) is 10.6 Å². The molecule has 114 valence electrons. The number of halogens is 1. The highest BCUT2D eigenvalue weighted by atomic mass is 79.9. The third-order valence-electron chi connectivity index (χ3n) is 3.60. The number of aryl methyl sites for hydroxylation is 2. The fourth-order valence-corrected chi connectivity index (χ4v) is 3.95. The molecule has 2 aromatic heterocycles. The molecule has 0 aliphatic rings. The Kier molecular flexibility index (Phi) is 4.06. The van der Waals surface area contributed by atoms with Gasteiger partial charge >= 0.3 is 0 Å². The Morgan fingerprint density at radius 2 is 1.95 bits per heavy atom. The lowest BCUT2D eigenvalue weighted by molar-refractivity contribution is 0.595. The zero-order valence-electron chi connectivity index (χ0n) is 12.0. The van der Waals surface area contributed by atoms with E-state index in [-0.39, 0.29) is 5.75 Å². The quantitative estimate of drug-likeness (QED) is 0.753. The highest BCUT2D eigenvalue weighted by molar-refractivity contribution is 9.10. The van der Waals surface area contributed by atoms with E-state index in [1.54, 1.807) is 18.3 Å². The highest BCUT2D eigenvalue weighted by Crippen LogP contribution is 2.22. The fourth-order valence-electron chi connectivity index (χ4n) is 2.35. The molecule has 4 nitrogen and oxygen atoms in total. The van der Waals surface area contributed by atoms with Crippen LogP contribution in [0.4, 0.5) is 0 Å². The van der Waals surface area contributed by atoms with Crippen LogP contribution in [-0.2, 0) is 16.3 Å². The van der Waals surface area contributed by atoms with Crippen LogP contribution in [0.25, 0.3) is 11.0 Å². The second-order valence-electron chi connectivity index (χ2n) is 5.25. The largest absolute Gasteiger partial charge is 0.346 e. The van der Waals surface area contributed by atoms with Crippen LogP contribution < -0.4 is 0 Å². The van der Waals surface area contributed by atoms with Crippen LogP contribution >= 0.6 is 15.9 Å². The van der Waals surface area contributed by atoms with Crippen molar-refractivity contribution in [3.63, 3.8) is 0 Å². The zero-order chi connectivity index (χ0) is 15.7. The smallest absolute Gasteiger partial charge is 0.178 e. The number of aromatic nitrogens is 2. The highest BCUT2D eigenvalue weighted by Gasteiger charge is 2.15. The number of aromatic amines is 1. The molecule has 0 radical (unpaired) electrons. The van der Waals surface area contributed by atoms with Crippen LogP contribution in [-0.4, -0.2) is 24.1 Å². The topological polar surface area (TPSA) is 62.8 Å². The molecule has 22 heavy (non-hydrogen) atoms. The maximum absolute atomic E-state index is 12.4. The molecule has 6 heteroatoms. The first-order chi connectivity index (χ1) is 10.5. The van der Waals surface area contributed by atoms with E-state index in [9.17, 15) is 8.42 Å². The van der Waals surface area contributed by atoms with Crippen molar-refractivity contribution < 1.29 is 8.42 Å². The maximum atomic E-state index is 12.4. The van der Waals surface area contributed by atoms with Crippen LogP contribution in [0.15, 0.2) is 52.1 Å². The summed E-state index contributed by atoms with van der Waals surface area (Å²) in [7, 11) is -3.28. The summed E-state index contributed by atoms with van der Waals surface area (Å²) in [5.41, 5.74) is 2.77. The molecule has 3 aromatic rings. The van der Waals surface area contributed by atoms with E-state index >= 15 is 0 Å². The van der Waals surface area contributed by atoms with Crippen molar-refractivity contribution in [1.82, 2.24) is 9.97 Å². The first-order valence-corrected chi connectivity index (χ1v) is 9.31. The molecule has 0 saturated carbocycles. The number of nitrogens with zero attached hydrogens (tertiary/aromatic N) is 1. The molecule has 0 bridgehead atoms. The van der Waals surface area contributed by atoms with E-state index in [1.165, 1.54) is 0 Å². The molecular weight excluding hydrogens is 364 g/mol. The minimum Gasteiger partial charge on any atom is -0.346 e. The fraction of sp³-hybridized carbons (Fsp3) is 0.188. The minimum atomic E-state index is -3.28. The first-order valence-electron chi connectivity index (χ1n) is 6.87. The second kappa shape index (κ2) is 5.85. The summed E-state index contributed by atoms with van der Waals surface area (Å²) in [6.07, 6.45) is 3.99. The van der Waals surface area contributed by atoms with E-state index in [1.807, 2.05) is 31.3 Å².